The molecule has 3 aromatic rings. The molecule has 0 radical (unpaired) electrons. The van der Waals surface area contributed by atoms with E-state index in [0.29, 0.717) is 33.2 Å². The number of likely N-dealkylation sites (N-methyl/N-ethyl adjacent to an activating group) is 1. The van der Waals surface area contributed by atoms with Gasteiger partial charge in [0.25, 0.3) is 11.8 Å². The Balaban J connectivity index is 1.63. The number of benzene rings is 2. The van der Waals surface area contributed by atoms with Gasteiger partial charge in [-0.05, 0) is 23.6 Å². The van der Waals surface area contributed by atoms with Gasteiger partial charge in [-0.15, -0.1) is 11.3 Å². The summed E-state index contributed by atoms with van der Waals surface area (Å²) in [6, 6.07) is 16.4. The van der Waals surface area contributed by atoms with Gasteiger partial charge in [-0.2, -0.15) is 5.10 Å². The van der Waals surface area contributed by atoms with Gasteiger partial charge in [-0.1, -0.05) is 54.1 Å². The highest BCUT2D eigenvalue weighted by Gasteiger charge is 2.35. The molecule has 0 unspecified atom stereocenters. The largest absolute Gasteiger partial charge is 0.332 e. The van der Waals surface area contributed by atoms with Gasteiger partial charge in [0.2, 0.25) is 0 Å². The maximum absolute atomic E-state index is 14.6. The number of hydrogen-bond acceptors (Lipinski definition) is 4. The Morgan fingerprint density at radius 3 is 2.61 bits per heavy atom. The van der Waals surface area contributed by atoms with Crippen molar-refractivity contribution in [2.45, 2.75) is 12.5 Å². The zero-order valence-corrected chi connectivity index (χ0v) is 18.2. The van der Waals surface area contributed by atoms with Crippen LogP contribution in [-0.4, -0.2) is 41.0 Å². The summed E-state index contributed by atoms with van der Waals surface area (Å²) < 4.78 is 14.6. The van der Waals surface area contributed by atoms with Crippen LogP contribution < -0.4 is 0 Å². The quantitative estimate of drug-likeness (QED) is 0.544. The monoisotopic (exact) mass is 455 g/mol. The second-order valence-corrected chi connectivity index (χ2v) is 8.50. The van der Waals surface area contributed by atoms with E-state index in [1.54, 1.807) is 48.8 Å². The third-order valence-corrected chi connectivity index (χ3v) is 6.25. The molecule has 8 heteroatoms. The normalized spacial score (nSPS) is 15.6. The van der Waals surface area contributed by atoms with Crippen LogP contribution >= 0.6 is 22.9 Å². The molecule has 0 fully saturated rings. The van der Waals surface area contributed by atoms with Gasteiger partial charge in [-0.25, -0.2) is 9.40 Å². The van der Waals surface area contributed by atoms with E-state index in [1.165, 1.54) is 27.3 Å². The first-order valence-corrected chi connectivity index (χ1v) is 10.9. The lowest BCUT2D eigenvalue weighted by Crippen LogP contribution is -2.39. The molecule has 5 nitrogen and oxygen atoms in total. The molecular weight excluding hydrogens is 437 g/mol. The minimum absolute atomic E-state index is 0.180. The highest BCUT2D eigenvalue weighted by molar-refractivity contribution is 7.12. The summed E-state index contributed by atoms with van der Waals surface area (Å²) in [6.07, 6.45) is 0.318. The van der Waals surface area contributed by atoms with Crippen LogP contribution in [0.1, 0.15) is 33.3 Å². The summed E-state index contributed by atoms with van der Waals surface area (Å²) in [6.45, 7) is -0.180. The molecule has 2 heterocycles. The molecule has 0 saturated heterocycles. The molecule has 0 aliphatic carbocycles. The third-order valence-electron chi connectivity index (χ3n) is 5.07. The van der Waals surface area contributed by atoms with Crippen LogP contribution in [0, 0.1) is 5.82 Å². The summed E-state index contributed by atoms with van der Waals surface area (Å²) in [7, 11) is 1.56. The Kier molecular flexibility index (Phi) is 6.15. The first kappa shape index (κ1) is 21.2. The van der Waals surface area contributed by atoms with Crippen molar-refractivity contribution in [3.63, 3.8) is 0 Å². The summed E-state index contributed by atoms with van der Waals surface area (Å²) in [5.41, 5.74) is 1.66. The van der Waals surface area contributed by atoms with Gasteiger partial charge in [0.05, 0.1) is 16.6 Å². The summed E-state index contributed by atoms with van der Waals surface area (Å²) in [5.74, 6) is -1.06. The van der Waals surface area contributed by atoms with E-state index in [0.717, 1.165) is 0 Å². The summed E-state index contributed by atoms with van der Waals surface area (Å²) >= 11 is 7.64. The van der Waals surface area contributed by atoms with Crippen molar-refractivity contribution in [1.82, 2.24) is 9.91 Å². The van der Waals surface area contributed by atoms with Crippen molar-refractivity contribution >= 4 is 40.5 Å². The van der Waals surface area contributed by atoms with E-state index in [4.69, 9.17) is 11.6 Å². The molecular formula is C23H19ClFN3O2S. The van der Waals surface area contributed by atoms with Crippen LogP contribution in [0.2, 0.25) is 5.02 Å². The SMILES string of the molecule is CN(CC(=O)N1N=C(c2ccccc2Cl)C[C@H]1c1ccccc1F)C(=O)c1cccs1. The molecule has 2 aromatic carbocycles. The Bertz CT molecular complexity index is 1150. The average Bonchev–Trinajstić information content (AvgIpc) is 3.44. The Labute approximate surface area is 188 Å². The van der Waals surface area contributed by atoms with Crippen LogP contribution in [-0.2, 0) is 4.79 Å². The lowest BCUT2D eigenvalue weighted by atomic mass is 9.98. The number of carbonyl (C=O) groups is 2. The third kappa shape index (κ3) is 4.38. The first-order chi connectivity index (χ1) is 15.0. The summed E-state index contributed by atoms with van der Waals surface area (Å²) in [4.78, 5) is 27.6. The topological polar surface area (TPSA) is 53.0 Å². The number of thiophene rings is 1. The standard InChI is InChI=1S/C23H19ClFN3O2S/c1-27(23(30)21-11-6-12-31-21)14-22(29)28-20(16-8-3-5-10-18(16)25)13-19(26-28)15-7-2-4-9-17(15)24/h2-12,20H,13-14H2,1H3/t20-/m0/s1. The maximum Gasteiger partial charge on any atom is 0.264 e. The number of rotatable bonds is 5. The number of hydrazone groups is 1. The zero-order valence-electron chi connectivity index (χ0n) is 16.7. The van der Waals surface area contributed by atoms with E-state index in [2.05, 4.69) is 5.10 Å². The predicted octanol–water partition coefficient (Wildman–Crippen LogP) is 4.99. The summed E-state index contributed by atoms with van der Waals surface area (Å²) in [5, 5.41) is 8.09. The van der Waals surface area contributed by atoms with Crippen LogP contribution in [0.3, 0.4) is 0 Å². The molecule has 0 saturated carbocycles. The van der Waals surface area contributed by atoms with Crippen molar-refractivity contribution in [2.75, 3.05) is 13.6 Å². The van der Waals surface area contributed by atoms with E-state index in [1.807, 2.05) is 18.2 Å². The van der Waals surface area contributed by atoms with E-state index < -0.39 is 17.8 Å². The molecule has 1 aliphatic rings. The number of hydrogen-bond donors (Lipinski definition) is 0. The van der Waals surface area contributed by atoms with Gasteiger partial charge >= 0.3 is 0 Å². The molecule has 158 valence electrons. The smallest absolute Gasteiger partial charge is 0.264 e. The van der Waals surface area contributed by atoms with Crippen LogP contribution in [0.25, 0.3) is 0 Å². The molecule has 1 aromatic heterocycles. The lowest BCUT2D eigenvalue weighted by molar-refractivity contribution is -0.133. The van der Waals surface area contributed by atoms with Gasteiger partial charge in [-0.3, -0.25) is 9.59 Å². The fourth-order valence-corrected chi connectivity index (χ4v) is 4.48. The van der Waals surface area contributed by atoms with E-state index >= 15 is 0 Å². The van der Waals surface area contributed by atoms with E-state index in [9.17, 15) is 14.0 Å². The number of nitrogens with zero attached hydrogens (tertiary/aromatic N) is 3. The van der Waals surface area contributed by atoms with Gasteiger partial charge < -0.3 is 4.90 Å². The molecule has 2 amide bonds. The van der Waals surface area contributed by atoms with Crippen molar-refractivity contribution in [3.05, 3.63) is 92.9 Å². The Morgan fingerprint density at radius 2 is 1.90 bits per heavy atom. The highest BCUT2D eigenvalue weighted by Crippen LogP contribution is 2.35. The minimum Gasteiger partial charge on any atom is -0.332 e. The van der Waals surface area contributed by atoms with Crippen molar-refractivity contribution in [3.8, 4) is 0 Å². The van der Waals surface area contributed by atoms with Crippen molar-refractivity contribution in [1.29, 1.82) is 0 Å². The van der Waals surface area contributed by atoms with Gasteiger partial charge in [0.1, 0.15) is 12.4 Å². The van der Waals surface area contributed by atoms with Gasteiger partial charge in [0, 0.05) is 29.6 Å². The molecule has 0 N–H and O–H groups in total. The average molecular weight is 456 g/mol. The predicted molar refractivity (Wildman–Crippen MR) is 120 cm³/mol. The second-order valence-electron chi connectivity index (χ2n) is 7.14. The Hall–Kier alpha value is -3.03. The Morgan fingerprint density at radius 1 is 1.16 bits per heavy atom. The van der Waals surface area contributed by atoms with Gasteiger partial charge in [0.15, 0.2) is 0 Å². The number of carbonyl (C=O) groups excluding carboxylic acids is 2. The van der Waals surface area contributed by atoms with Crippen molar-refractivity contribution < 1.29 is 14.0 Å². The van der Waals surface area contributed by atoms with Crippen LogP contribution in [0.5, 0.6) is 0 Å². The molecule has 1 aliphatic heterocycles. The number of halogens is 2. The maximum atomic E-state index is 14.6. The molecule has 31 heavy (non-hydrogen) atoms. The number of amides is 2. The van der Waals surface area contributed by atoms with E-state index in [-0.39, 0.29) is 12.5 Å². The molecule has 0 bridgehead atoms. The first-order valence-electron chi connectivity index (χ1n) is 9.63. The lowest BCUT2D eigenvalue weighted by Gasteiger charge is -2.25. The van der Waals surface area contributed by atoms with Crippen molar-refractivity contribution in [2.24, 2.45) is 5.10 Å². The second kappa shape index (κ2) is 8.99. The van der Waals surface area contributed by atoms with Crippen LogP contribution in [0.4, 0.5) is 4.39 Å². The molecule has 4 rings (SSSR count). The zero-order chi connectivity index (χ0) is 22.0. The fourth-order valence-electron chi connectivity index (χ4n) is 3.52. The molecule has 0 spiro atoms. The molecule has 1 atom stereocenters. The highest BCUT2D eigenvalue weighted by atomic mass is 35.5. The minimum atomic E-state index is -0.620. The van der Waals surface area contributed by atoms with Crippen LogP contribution in [0.15, 0.2) is 71.1 Å². The fraction of sp³-hybridized carbons (Fsp3) is 0.174.